The van der Waals surface area contributed by atoms with Crippen molar-refractivity contribution < 1.29 is 12.8 Å². The minimum Gasteiger partial charge on any atom is -0.225 e. The Balaban J connectivity index is 2.11. The summed E-state index contributed by atoms with van der Waals surface area (Å²) < 4.78 is 36.7. The number of primary sulfonamides is 1. The van der Waals surface area contributed by atoms with Gasteiger partial charge in [-0.1, -0.05) is 48.5 Å². The van der Waals surface area contributed by atoms with Gasteiger partial charge in [0.1, 0.15) is 5.82 Å². The van der Waals surface area contributed by atoms with Crippen LogP contribution in [0.25, 0.3) is 22.3 Å². The van der Waals surface area contributed by atoms with Crippen LogP contribution in [-0.2, 0) is 10.0 Å². The molecule has 0 bridgehead atoms. The lowest BCUT2D eigenvalue weighted by molar-refractivity contribution is 0.598. The molecule has 3 aromatic carbocycles. The van der Waals surface area contributed by atoms with Crippen LogP contribution in [0.3, 0.4) is 0 Å². The van der Waals surface area contributed by atoms with E-state index in [1.165, 1.54) is 18.2 Å². The summed E-state index contributed by atoms with van der Waals surface area (Å²) >= 11 is 0. The third-order valence-electron chi connectivity index (χ3n) is 3.90. The minimum absolute atomic E-state index is 0.0603. The maximum Gasteiger partial charge on any atom is 0.238 e. The SMILES string of the molecule is Cc1ccc(-c2ccccc2-c2ccc(S(N)(=O)=O)cc2)cc1F. The van der Waals surface area contributed by atoms with Gasteiger partial charge in [0.05, 0.1) is 4.90 Å². The fraction of sp³-hybridized carbons (Fsp3) is 0.0526. The normalized spacial score (nSPS) is 11.5. The summed E-state index contributed by atoms with van der Waals surface area (Å²) in [6.07, 6.45) is 0. The van der Waals surface area contributed by atoms with Crippen LogP contribution in [0, 0.1) is 12.7 Å². The zero-order valence-electron chi connectivity index (χ0n) is 13.0. The Morgan fingerprint density at radius 2 is 1.38 bits per heavy atom. The lowest BCUT2D eigenvalue weighted by Crippen LogP contribution is -2.11. The number of benzene rings is 3. The number of hydrogen-bond acceptors (Lipinski definition) is 2. The topological polar surface area (TPSA) is 60.2 Å². The number of sulfonamides is 1. The van der Waals surface area contributed by atoms with Gasteiger partial charge in [-0.05, 0) is 52.9 Å². The van der Waals surface area contributed by atoms with Gasteiger partial charge in [0.25, 0.3) is 0 Å². The fourth-order valence-corrected chi connectivity index (χ4v) is 3.09. The molecule has 0 radical (unpaired) electrons. The monoisotopic (exact) mass is 341 g/mol. The highest BCUT2D eigenvalue weighted by Crippen LogP contribution is 2.33. The average Bonchev–Trinajstić information content (AvgIpc) is 2.57. The molecule has 0 amide bonds. The fourth-order valence-electron chi connectivity index (χ4n) is 2.57. The molecule has 0 aliphatic heterocycles. The molecule has 0 unspecified atom stereocenters. The third-order valence-corrected chi connectivity index (χ3v) is 4.83. The third kappa shape index (κ3) is 3.22. The predicted molar refractivity (Wildman–Crippen MR) is 93.4 cm³/mol. The lowest BCUT2D eigenvalue weighted by atomic mass is 9.94. The van der Waals surface area contributed by atoms with Crippen molar-refractivity contribution in [3.8, 4) is 22.3 Å². The van der Waals surface area contributed by atoms with E-state index in [1.54, 1.807) is 25.1 Å². The van der Waals surface area contributed by atoms with E-state index in [0.29, 0.717) is 5.56 Å². The summed E-state index contributed by atoms with van der Waals surface area (Å²) in [5.74, 6) is -0.258. The highest BCUT2D eigenvalue weighted by molar-refractivity contribution is 7.89. The molecule has 5 heteroatoms. The van der Waals surface area contributed by atoms with Crippen molar-refractivity contribution in [1.29, 1.82) is 0 Å². The van der Waals surface area contributed by atoms with E-state index in [9.17, 15) is 12.8 Å². The average molecular weight is 341 g/mol. The molecule has 3 nitrogen and oxygen atoms in total. The smallest absolute Gasteiger partial charge is 0.225 e. The van der Waals surface area contributed by atoms with Crippen molar-refractivity contribution in [1.82, 2.24) is 0 Å². The molecule has 0 atom stereocenters. The van der Waals surface area contributed by atoms with E-state index in [-0.39, 0.29) is 10.7 Å². The standard InChI is InChI=1S/C19H16FNO2S/c1-13-6-7-15(12-19(13)20)18-5-3-2-4-17(18)14-8-10-16(11-9-14)24(21,22)23/h2-12H,1H3,(H2,21,22,23). The quantitative estimate of drug-likeness (QED) is 0.779. The van der Waals surface area contributed by atoms with Gasteiger partial charge < -0.3 is 0 Å². The maximum absolute atomic E-state index is 13.9. The largest absolute Gasteiger partial charge is 0.238 e. The molecular formula is C19H16FNO2S. The molecule has 0 aromatic heterocycles. The highest BCUT2D eigenvalue weighted by Gasteiger charge is 2.11. The molecule has 122 valence electrons. The highest BCUT2D eigenvalue weighted by atomic mass is 32.2. The molecular weight excluding hydrogens is 325 g/mol. The van der Waals surface area contributed by atoms with Crippen LogP contribution >= 0.6 is 0 Å². The molecule has 0 saturated carbocycles. The van der Waals surface area contributed by atoms with Crippen LogP contribution < -0.4 is 5.14 Å². The predicted octanol–water partition coefficient (Wildman–Crippen LogP) is 4.12. The summed E-state index contributed by atoms with van der Waals surface area (Å²) in [5, 5.41) is 5.13. The van der Waals surface area contributed by atoms with E-state index in [1.807, 2.05) is 30.3 Å². The zero-order chi connectivity index (χ0) is 17.3. The first-order chi connectivity index (χ1) is 11.4. The van der Waals surface area contributed by atoms with Crippen molar-refractivity contribution >= 4 is 10.0 Å². The van der Waals surface area contributed by atoms with Gasteiger partial charge in [0.2, 0.25) is 10.0 Å². The number of hydrogen-bond donors (Lipinski definition) is 1. The number of aryl methyl sites for hydroxylation is 1. The van der Waals surface area contributed by atoms with Gasteiger partial charge in [-0.2, -0.15) is 0 Å². The molecule has 0 spiro atoms. The Bertz CT molecular complexity index is 996. The summed E-state index contributed by atoms with van der Waals surface area (Å²) in [4.78, 5) is 0.0603. The zero-order valence-corrected chi connectivity index (χ0v) is 13.8. The molecule has 24 heavy (non-hydrogen) atoms. The summed E-state index contributed by atoms with van der Waals surface area (Å²) in [6, 6.07) is 19.0. The van der Waals surface area contributed by atoms with Gasteiger partial charge in [-0.25, -0.2) is 17.9 Å². The molecule has 0 saturated heterocycles. The minimum atomic E-state index is -3.72. The summed E-state index contributed by atoms with van der Waals surface area (Å²) in [6.45, 7) is 1.72. The lowest BCUT2D eigenvalue weighted by Gasteiger charge is -2.11. The van der Waals surface area contributed by atoms with Gasteiger partial charge >= 0.3 is 0 Å². The van der Waals surface area contributed by atoms with E-state index in [2.05, 4.69) is 0 Å². The van der Waals surface area contributed by atoms with Crippen LogP contribution in [-0.4, -0.2) is 8.42 Å². The Kier molecular flexibility index (Phi) is 4.22. The van der Waals surface area contributed by atoms with Crippen molar-refractivity contribution in [2.24, 2.45) is 5.14 Å². The van der Waals surface area contributed by atoms with Crippen LogP contribution in [0.2, 0.25) is 0 Å². The van der Waals surface area contributed by atoms with Crippen LogP contribution in [0.5, 0.6) is 0 Å². The van der Waals surface area contributed by atoms with Crippen LogP contribution in [0.1, 0.15) is 5.56 Å². The molecule has 0 aliphatic rings. The van der Waals surface area contributed by atoms with Crippen LogP contribution in [0.15, 0.2) is 71.6 Å². The van der Waals surface area contributed by atoms with Crippen molar-refractivity contribution in [3.63, 3.8) is 0 Å². The molecule has 0 fully saturated rings. The number of halogens is 1. The van der Waals surface area contributed by atoms with Gasteiger partial charge in [-0.3, -0.25) is 0 Å². The van der Waals surface area contributed by atoms with E-state index in [0.717, 1.165) is 22.3 Å². The second-order valence-corrected chi connectivity index (χ2v) is 7.14. The first-order valence-electron chi connectivity index (χ1n) is 7.35. The van der Waals surface area contributed by atoms with Gasteiger partial charge in [-0.15, -0.1) is 0 Å². The second kappa shape index (κ2) is 6.19. The maximum atomic E-state index is 13.9. The van der Waals surface area contributed by atoms with E-state index >= 15 is 0 Å². The van der Waals surface area contributed by atoms with E-state index < -0.39 is 10.0 Å². The van der Waals surface area contributed by atoms with E-state index in [4.69, 9.17) is 5.14 Å². The van der Waals surface area contributed by atoms with Gasteiger partial charge in [0, 0.05) is 0 Å². The molecule has 0 aliphatic carbocycles. The molecule has 2 N–H and O–H groups in total. The number of nitrogens with two attached hydrogens (primary N) is 1. The number of rotatable bonds is 3. The van der Waals surface area contributed by atoms with Gasteiger partial charge in [0.15, 0.2) is 0 Å². The Hall–Kier alpha value is -2.50. The molecule has 3 rings (SSSR count). The summed E-state index contributed by atoms with van der Waals surface area (Å²) in [7, 11) is -3.72. The first kappa shape index (κ1) is 16.4. The Morgan fingerprint density at radius 1 is 0.833 bits per heavy atom. The van der Waals surface area contributed by atoms with Crippen molar-refractivity contribution in [3.05, 3.63) is 78.1 Å². The Morgan fingerprint density at radius 3 is 1.92 bits per heavy atom. The molecule has 3 aromatic rings. The summed E-state index contributed by atoms with van der Waals surface area (Å²) in [5.41, 5.74) is 3.96. The second-order valence-electron chi connectivity index (χ2n) is 5.58. The van der Waals surface area contributed by atoms with Crippen molar-refractivity contribution in [2.45, 2.75) is 11.8 Å². The molecule has 0 heterocycles. The van der Waals surface area contributed by atoms with Crippen LogP contribution in [0.4, 0.5) is 4.39 Å². The first-order valence-corrected chi connectivity index (χ1v) is 8.90. The van der Waals surface area contributed by atoms with Crippen molar-refractivity contribution in [2.75, 3.05) is 0 Å². The Labute approximate surface area is 140 Å².